The van der Waals surface area contributed by atoms with Crippen molar-refractivity contribution in [2.45, 2.75) is 12.5 Å². The van der Waals surface area contributed by atoms with Crippen molar-refractivity contribution in [3.05, 3.63) is 76.3 Å². The molecule has 0 aliphatic heterocycles. The Hall–Kier alpha value is -1.54. The van der Waals surface area contributed by atoms with Crippen LogP contribution in [0.3, 0.4) is 0 Å². The van der Waals surface area contributed by atoms with Crippen molar-refractivity contribution in [2.75, 3.05) is 0 Å². The number of allylic oxidation sites excluding steroid dienone is 5. The Morgan fingerprint density at radius 2 is 2.00 bits per heavy atom. The molecule has 2 aliphatic rings. The highest BCUT2D eigenvalue weighted by Crippen LogP contribution is 2.33. The monoisotopic (exact) mass is 300 g/mol. The third-order valence-electron chi connectivity index (χ3n) is 3.06. The summed E-state index contributed by atoms with van der Waals surface area (Å²) in [6.07, 6.45) is 11.6. The molecule has 1 atom stereocenters. The number of para-hydroxylation sites is 1. The summed E-state index contributed by atoms with van der Waals surface area (Å²) in [6, 6.07) is 9.94. The largest absolute Gasteiger partial charge is 0.482 e. The fourth-order valence-corrected chi connectivity index (χ4v) is 2.72. The predicted molar refractivity (Wildman–Crippen MR) is 77.8 cm³/mol. The summed E-state index contributed by atoms with van der Waals surface area (Å²) in [7, 11) is 0. The van der Waals surface area contributed by atoms with E-state index < -0.39 is 0 Å². The maximum absolute atomic E-state index is 6.05. The molecule has 1 unspecified atom stereocenters. The van der Waals surface area contributed by atoms with E-state index in [0.29, 0.717) is 0 Å². The quantitative estimate of drug-likeness (QED) is 0.779. The van der Waals surface area contributed by atoms with Crippen LogP contribution in [0.15, 0.2) is 76.3 Å². The molecule has 0 amide bonds. The number of hydrogen-bond donors (Lipinski definition) is 0. The van der Waals surface area contributed by atoms with Gasteiger partial charge in [0.1, 0.15) is 11.9 Å². The maximum Gasteiger partial charge on any atom is 0.144 e. The van der Waals surface area contributed by atoms with E-state index in [1.807, 2.05) is 30.3 Å². The van der Waals surface area contributed by atoms with E-state index in [9.17, 15) is 0 Å². The minimum absolute atomic E-state index is 0.00766. The average Bonchev–Trinajstić information content (AvgIpc) is 2.40. The Balaban J connectivity index is 1.89. The first-order chi connectivity index (χ1) is 8.83. The number of benzene rings is 1. The van der Waals surface area contributed by atoms with Crippen LogP contribution < -0.4 is 4.74 Å². The summed E-state index contributed by atoms with van der Waals surface area (Å²) in [5, 5.41) is 0. The fourth-order valence-electron chi connectivity index (χ4n) is 2.20. The summed E-state index contributed by atoms with van der Waals surface area (Å²) >= 11 is 3.56. The number of ether oxygens (including phenoxy) is 1. The minimum atomic E-state index is -0.00766. The van der Waals surface area contributed by atoms with E-state index in [-0.39, 0.29) is 6.10 Å². The van der Waals surface area contributed by atoms with Crippen LogP contribution in [0.2, 0.25) is 0 Å². The second kappa shape index (κ2) is 4.99. The van der Waals surface area contributed by atoms with Crippen LogP contribution in [-0.2, 0) is 0 Å². The number of fused-ring (bicyclic) bond motifs is 1. The number of halogens is 1. The molecule has 90 valence electrons. The van der Waals surface area contributed by atoms with Crippen molar-refractivity contribution < 1.29 is 4.74 Å². The predicted octanol–water partition coefficient (Wildman–Crippen LogP) is 4.54. The zero-order valence-electron chi connectivity index (χ0n) is 9.84. The van der Waals surface area contributed by atoms with Gasteiger partial charge in [0.15, 0.2) is 0 Å². The van der Waals surface area contributed by atoms with Gasteiger partial charge in [0.25, 0.3) is 0 Å². The molecule has 2 heteroatoms. The van der Waals surface area contributed by atoms with Crippen molar-refractivity contribution in [1.82, 2.24) is 0 Å². The van der Waals surface area contributed by atoms with Crippen molar-refractivity contribution >= 4 is 15.9 Å². The molecule has 0 N–H and O–H groups in total. The molecule has 1 nitrogen and oxygen atoms in total. The zero-order valence-corrected chi connectivity index (χ0v) is 11.4. The van der Waals surface area contributed by atoms with Gasteiger partial charge in [0.2, 0.25) is 0 Å². The van der Waals surface area contributed by atoms with E-state index in [0.717, 1.165) is 16.7 Å². The number of rotatable bonds is 2. The van der Waals surface area contributed by atoms with Crippen molar-refractivity contribution in [2.24, 2.45) is 0 Å². The van der Waals surface area contributed by atoms with Gasteiger partial charge in [0, 0.05) is 4.48 Å². The molecule has 0 fully saturated rings. The van der Waals surface area contributed by atoms with Gasteiger partial charge in [-0.1, -0.05) is 52.4 Å². The lowest BCUT2D eigenvalue weighted by Crippen LogP contribution is -2.21. The number of hydrogen-bond acceptors (Lipinski definition) is 1. The van der Waals surface area contributed by atoms with E-state index in [1.165, 1.54) is 11.1 Å². The first kappa shape index (κ1) is 11.5. The van der Waals surface area contributed by atoms with E-state index in [4.69, 9.17) is 4.74 Å². The highest BCUT2D eigenvalue weighted by molar-refractivity contribution is 9.11. The second-order valence-electron chi connectivity index (χ2n) is 4.33. The summed E-state index contributed by atoms with van der Waals surface area (Å²) < 4.78 is 7.13. The van der Waals surface area contributed by atoms with Crippen LogP contribution in [0.25, 0.3) is 0 Å². The van der Waals surface area contributed by atoms with Crippen LogP contribution in [0.5, 0.6) is 5.75 Å². The maximum atomic E-state index is 6.05. The van der Waals surface area contributed by atoms with Crippen molar-refractivity contribution in [1.29, 1.82) is 0 Å². The lowest BCUT2D eigenvalue weighted by Gasteiger charge is -2.26. The molecule has 3 rings (SSSR count). The summed E-state index contributed by atoms with van der Waals surface area (Å²) in [4.78, 5) is 0. The van der Waals surface area contributed by atoms with Gasteiger partial charge in [-0.05, 0) is 41.9 Å². The minimum Gasteiger partial charge on any atom is -0.482 e. The van der Waals surface area contributed by atoms with Gasteiger partial charge in [-0.15, -0.1) is 0 Å². The molecular formula is C16H13BrO. The average molecular weight is 301 g/mol. The van der Waals surface area contributed by atoms with Crippen LogP contribution in [0.4, 0.5) is 0 Å². The molecule has 0 heterocycles. The van der Waals surface area contributed by atoms with Crippen LogP contribution >= 0.6 is 15.9 Å². The van der Waals surface area contributed by atoms with Gasteiger partial charge in [-0.3, -0.25) is 0 Å². The van der Waals surface area contributed by atoms with Gasteiger partial charge >= 0.3 is 0 Å². The lowest BCUT2D eigenvalue weighted by atomic mass is 9.90. The third kappa shape index (κ3) is 2.34. The molecule has 2 aliphatic carbocycles. The summed E-state index contributed by atoms with van der Waals surface area (Å²) in [6.45, 7) is 0. The Morgan fingerprint density at radius 1 is 1.17 bits per heavy atom. The molecule has 18 heavy (non-hydrogen) atoms. The summed E-state index contributed by atoms with van der Waals surface area (Å²) in [5.41, 5.74) is 2.58. The molecule has 0 radical (unpaired) electrons. The summed E-state index contributed by atoms with van der Waals surface area (Å²) in [5.74, 6) is 0.899. The van der Waals surface area contributed by atoms with Crippen molar-refractivity contribution in [3.63, 3.8) is 0 Å². The first-order valence-electron chi connectivity index (χ1n) is 5.99. The SMILES string of the molecule is BrC1=CC(Oc2ccccc2)C2=CC=CCC2=C1. The normalized spacial score (nSPS) is 21.6. The Kier molecular flexibility index (Phi) is 3.20. The Labute approximate surface area is 115 Å². The second-order valence-corrected chi connectivity index (χ2v) is 5.24. The highest BCUT2D eigenvalue weighted by atomic mass is 79.9. The Morgan fingerprint density at radius 3 is 2.83 bits per heavy atom. The molecule has 0 bridgehead atoms. The highest BCUT2D eigenvalue weighted by Gasteiger charge is 2.22. The fraction of sp³-hybridized carbons (Fsp3) is 0.125. The molecule has 1 aromatic rings. The van der Waals surface area contributed by atoms with Crippen LogP contribution in [0.1, 0.15) is 6.42 Å². The topological polar surface area (TPSA) is 9.23 Å². The molecule has 0 aromatic heterocycles. The molecular weight excluding hydrogens is 288 g/mol. The van der Waals surface area contributed by atoms with Crippen LogP contribution in [0, 0.1) is 0 Å². The van der Waals surface area contributed by atoms with Crippen molar-refractivity contribution in [3.8, 4) is 5.75 Å². The Bertz CT molecular complexity index is 564. The van der Waals surface area contributed by atoms with Gasteiger partial charge in [-0.2, -0.15) is 0 Å². The lowest BCUT2D eigenvalue weighted by molar-refractivity contribution is 0.284. The molecule has 1 aromatic carbocycles. The smallest absolute Gasteiger partial charge is 0.144 e. The van der Waals surface area contributed by atoms with Gasteiger partial charge in [0.05, 0.1) is 0 Å². The van der Waals surface area contributed by atoms with E-state index >= 15 is 0 Å². The molecule has 0 spiro atoms. The van der Waals surface area contributed by atoms with Gasteiger partial charge in [-0.25, -0.2) is 0 Å². The van der Waals surface area contributed by atoms with E-state index in [2.05, 4.69) is 46.3 Å². The van der Waals surface area contributed by atoms with Crippen LogP contribution in [-0.4, -0.2) is 6.10 Å². The standard InChI is InChI=1S/C16H13BrO/c17-13-10-12-6-4-5-9-15(12)16(11-13)18-14-7-2-1-3-8-14/h1-5,7-11,16H,6H2. The first-order valence-corrected chi connectivity index (χ1v) is 6.79. The van der Waals surface area contributed by atoms with Gasteiger partial charge < -0.3 is 4.74 Å². The molecule has 0 saturated heterocycles. The zero-order chi connectivity index (χ0) is 12.4. The van der Waals surface area contributed by atoms with E-state index in [1.54, 1.807) is 0 Å². The third-order valence-corrected chi connectivity index (χ3v) is 3.55. The molecule has 0 saturated carbocycles.